The summed E-state index contributed by atoms with van der Waals surface area (Å²) in [7, 11) is -3.83. The normalized spacial score (nSPS) is 12.2. The first-order valence-corrected chi connectivity index (χ1v) is 10.2. The molecule has 0 radical (unpaired) electrons. The highest BCUT2D eigenvalue weighted by Gasteiger charge is 2.23. The molecule has 0 saturated heterocycles. The predicted octanol–water partition coefficient (Wildman–Crippen LogP) is 1.91. The molecule has 0 spiro atoms. The summed E-state index contributed by atoms with van der Waals surface area (Å²) in [6.07, 6.45) is 1.63. The van der Waals surface area contributed by atoms with Crippen LogP contribution < -0.4 is 15.8 Å². The van der Waals surface area contributed by atoms with Gasteiger partial charge in [0.15, 0.2) is 5.76 Å². The molecular weight excluding hydrogens is 394 g/mol. The molecule has 4 N–H and O–H groups in total. The third-order valence-electron chi connectivity index (χ3n) is 4.10. The second-order valence-electron chi connectivity index (χ2n) is 6.25. The van der Waals surface area contributed by atoms with Gasteiger partial charge >= 0.3 is 0 Å². The molecular formula is C20H19N3O5S. The van der Waals surface area contributed by atoms with Gasteiger partial charge in [0.05, 0.1) is 11.2 Å². The SMILES string of the molecule is NS(=O)(=O)c1ccc(NC(=O)[C@H](Cc2ccccc2)NC(=O)c2ccco2)cc1. The Bertz CT molecular complexity index is 1080. The standard InChI is InChI=1S/C20H19N3O5S/c21-29(26,27)16-10-8-15(9-11-16)22-19(24)17(13-14-5-2-1-3-6-14)23-20(25)18-7-4-12-28-18/h1-12,17H,13H2,(H,22,24)(H,23,25)(H2,21,26,27)/t17-/m0/s1. The van der Waals surface area contributed by atoms with Gasteiger partial charge < -0.3 is 15.1 Å². The third-order valence-corrected chi connectivity index (χ3v) is 5.03. The van der Waals surface area contributed by atoms with Crippen molar-refractivity contribution in [2.75, 3.05) is 5.32 Å². The lowest BCUT2D eigenvalue weighted by Crippen LogP contribution is -2.45. The van der Waals surface area contributed by atoms with E-state index in [1.54, 1.807) is 6.07 Å². The quantitative estimate of drug-likeness (QED) is 0.544. The molecule has 0 bridgehead atoms. The summed E-state index contributed by atoms with van der Waals surface area (Å²) in [5.41, 5.74) is 1.23. The molecule has 8 nitrogen and oxygen atoms in total. The van der Waals surface area contributed by atoms with Crippen LogP contribution in [-0.2, 0) is 21.2 Å². The second kappa shape index (κ2) is 8.72. The second-order valence-corrected chi connectivity index (χ2v) is 7.81. The van der Waals surface area contributed by atoms with Crippen LogP contribution in [0.3, 0.4) is 0 Å². The number of sulfonamides is 1. The summed E-state index contributed by atoms with van der Waals surface area (Å²) < 4.78 is 27.8. The van der Waals surface area contributed by atoms with Crippen LogP contribution in [0, 0.1) is 0 Å². The first kappa shape index (κ1) is 20.3. The molecule has 0 aliphatic rings. The molecule has 9 heteroatoms. The molecule has 3 aromatic rings. The number of furan rings is 1. The maximum atomic E-state index is 12.8. The van der Waals surface area contributed by atoms with Crippen LogP contribution in [0.1, 0.15) is 16.1 Å². The summed E-state index contributed by atoms with van der Waals surface area (Å²) in [6, 6.07) is 16.8. The van der Waals surface area contributed by atoms with Gasteiger partial charge in [0.1, 0.15) is 6.04 Å². The number of hydrogen-bond acceptors (Lipinski definition) is 5. The van der Waals surface area contributed by atoms with Crippen molar-refractivity contribution < 1.29 is 22.4 Å². The van der Waals surface area contributed by atoms with Crippen molar-refractivity contribution in [3.63, 3.8) is 0 Å². The van der Waals surface area contributed by atoms with Crippen molar-refractivity contribution in [2.24, 2.45) is 5.14 Å². The Morgan fingerprint density at radius 2 is 1.66 bits per heavy atom. The molecule has 2 aromatic carbocycles. The largest absolute Gasteiger partial charge is 0.459 e. The number of amides is 2. The van der Waals surface area contributed by atoms with Crippen molar-refractivity contribution in [2.45, 2.75) is 17.4 Å². The zero-order valence-electron chi connectivity index (χ0n) is 15.2. The molecule has 0 saturated carbocycles. The van der Waals surface area contributed by atoms with E-state index in [1.807, 2.05) is 30.3 Å². The van der Waals surface area contributed by atoms with Crippen LogP contribution in [0.5, 0.6) is 0 Å². The minimum atomic E-state index is -3.83. The zero-order chi connectivity index (χ0) is 20.9. The van der Waals surface area contributed by atoms with E-state index in [0.29, 0.717) is 5.69 Å². The van der Waals surface area contributed by atoms with Crippen molar-refractivity contribution >= 4 is 27.5 Å². The highest BCUT2D eigenvalue weighted by atomic mass is 32.2. The molecule has 1 heterocycles. The Hall–Kier alpha value is -3.43. The molecule has 3 rings (SSSR count). The molecule has 1 aromatic heterocycles. The monoisotopic (exact) mass is 413 g/mol. The fourth-order valence-corrected chi connectivity index (χ4v) is 3.17. The molecule has 0 aliphatic carbocycles. The van der Waals surface area contributed by atoms with E-state index in [4.69, 9.17) is 9.56 Å². The summed E-state index contributed by atoms with van der Waals surface area (Å²) in [5.74, 6) is -0.888. The van der Waals surface area contributed by atoms with E-state index >= 15 is 0 Å². The first-order valence-electron chi connectivity index (χ1n) is 8.65. The summed E-state index contributed by atoms with van der Waals surface area (Å²) >= 11 is 0. The summed E-state index contributed by atoms with van der Waals surface area (Å²) in [4.78, 5) is 25.1. The smallest absolute Gasteiger partial charge is 0.287 e. The van der Waals surface area contributed by atoms with Gasteiger partial charge in [-0.25, -0.2) is 13.6 Å². The predicted molar refractivity (Wildman–Crippen MR) is 107 cm³/mol. The van der Waals surface area contributed by atoms with Gasteiger partial charge in [-0.2, -0.15) is 0 Å². The van der Waals surface area contributed by atoms with E-state index in [1.165, 1.54) is 36.6 Å². The Balaban J connectivity index is 1.76. The average molecular weight is 413 g/mol. The number of nitrogens with one attached hydrogen (secondary N) is 2. The summed E-state index contributed by atoms with van der Waals surface area (Å²) in [5, 5.41) is 10.4. The Morgan fingerprint density at radius 1 is 0.966 bits per heavy atom. The molecule has 2 amide bonds. The van der Waals surface area contributed by atoms with E-state index in [2.05, 4.69) is 10.6 Å². The molecule has 0 aliphatic heterocycles. The van der Waals surface area contributed by atoms with Crippen molar-refractivity contribution in [3.05, 3.63) is 84.3 Å². The zero-order valence-corrected chi connectivity index (χ0v) is 16.1. The maximum absolute atomic E-state index is 12.8. The highest BCUT2D eigenvalue weighted by molar-refractivity contribution is 7.89. The van der Waals surface area contributed by atoms with Crippen LogP contribution >= 0.6 is 0 Å². The van der Waals surface area contributed by atoms with Crippen LogP contribution in [0.15, 0.2) is 82.3 Å². The average Bonchev–Trinajstić information content (AvgIpc) is 3.23. The maximum Gasteiger partial charge on any atom is 0.287 e. The van der Waals surface area contributed by atoms with E-state index < -0.39 is 27.9 Å². The highest BCUT2D eigenvalue weighted by Crippen LogP contribution is 2.14. The minimum Gasteiger partial charge on any atom is -0.459 e. The number of anilines is 1. The van der Waals surface area contributed by atoms with Crippen molar-refractivity contribution in [1.82, 2.24) is 5.32 Å². The van der Waals surface area contributed by atoms with E-state index in [0.717, 1.165) is 5.56 Å². The van der Waals surface area contributed by atoms with Gasteiger partial charge in [-0.15, -0.1) is 0 Å². The van der Waals surface area contributed by atoms with Crippen LogP contribution in [0.4, 0.5) is 5.69 Å². The number of rotatable bonds is 7. The lowest BCUT2D eigenvalue weighted by Gasteiger charge is -2.18. The molecule has 0 fully saturated rings. The Labute approximate surface area is 167 Å². The number of benzene rings is 2. The molecule has 150 valence electrons. The van der Waals surface area contributed by atoms with Crippen LogP contribution in [0.25, 0.3) is 0 Å². The van der Waals surface area contributed by atoms with Crippen molar-refractivity contribution in [3.8, 4) is 0 Å². The Kier molecular flexibility index (Phi) is 6.10. The van der Waals surface area contributed by atoms with Crippen molar-refractivity contribution in [1.29, 1.82) is 0 Å². The van der Waals surface area contributed by atoms with Gasteiger partial charge in [-0.1, -0.05) is 30.3 Å². The molecule has 29 heavy (non-hydrogen) atoms. The van der Waals surface area contributed by atoms with Gasteiger partial charge in [0.2, 0.25) is 15.9 Å². The van der Waals surface area contributed by atoms with Crippen LogP contribution in [-0.4, -0.2) is 26.3 Å². The fraction of sp³-hybridized carbons (Fsp3) is 0.100. The van der Waals surface area contributed by atoms with Gasteiger partial charge in [-0.05, 0) is 42.0 Å². The number of carbonyl (C=O) groups is 2. The van der Waals surface area contributed by atoms with Gasteiger partial charge in [0, 0.05) is 12.1 Å². The molecule has 0 unspecified atom stereocenters. The Morgan fingerprint density at radius 3 is 2.24 bits per heavy atom. The topological polar surface area (TPSA) is 132 Å². The summed E-state index contributed by atoms with van der Waals surface area (Å²) in [6.45, 7) is 0. The minimum absolute atomic E-state index is 0.0672. The number of carbonyl (C=O) groups excluding carboxylic acids is 2. The lowest BCUT2D eigenvalue weighted by molar-refractivity contribution is -0.118. The fourth-order valence-electron chi connectivity index (χ4n) is 2.65. The van der Waals surface area contributed by atoms with Crippen LogP contribution in [0.2, 0.25) is 0 Å². The number of primary sulfonamides is 1. The number of hydrogen-bond donors (Lipinski definition) is 3. The van der Waals surface area contributed by atoms with Gasteiger partial charge in [0.25, 0.3) is 5.91 Å². The third kappa shape index (κ3) is 5.53. The first-order chi connectivity index (χ1) is 13.8. The molecule has 1 atom stereocenters. The lowest BCUT2D eigenvalue weighted by atomic mass is 10.0. The van der Waals surface area contributed by atoms with E-state index in [-0.39, 0.29) is 17.1 Å². The van der Waals surface area contributed by atoms with E-state index in [9.17, 15) is 18.0 Å². The number of nitrogens with two attached hydrogens (primary N) is 1. The van der Waals surface area contributed by atoms with Gasteiger partial charge in [-0.3, -0.25) is 9.59 Å².